The van der Waals surface area contributed by atoms with Crippen LogP contribution >= 0.6 is 11.3 Å². The number of fused-ring (bicyclic) bond motifs is 1. The summed E-state index contributed by atoms with van der Waals surface area (Å²) in [6, 6.07) is 12.7. The summed E-state index contributed by atoms with van der Waals surface area (Å²) in [5.74, 6) is 0.123. The Kier molecular flexibility index (Phi) is 4.48. The quantitative estimate of drug-likeness (QED) is 0.751. The smallest absolute Gasteiger partial charge is 0.257 e. The number of rotatable bonds is 4. The lowest BCUT2D eigenvalue weighted by Crippen LogP contribution is -2.13. The number of nitrogens with one attached hydrogen (secondary N) is 2. The summed E-state index contributed by atoms with van der Waals surface area (Å²) in [5.41, 5.74) is 1.70. The maximum absolute atomic E-state index is 12.7. The monoisotopic (exact) mass is 340 g/mol. The molecule has 0 saturated carbocycles. The second kappa shape index (κ2) is 6.72. The van der Waals surface area contributed by atoms with Crippen LogP contribution in [0.25, 0.3) is 10.1 Å². The number of anilines is 2. The molecule has 2 N–H and O–H groups in total. The molecule has 0 saturated heterocycles. The van der Waals surface area contributed by atoms with Gasteiger partial charge in [0, 0.05) is 17.3 Å². The third-order valence-corrected chi connectivity index (χ3v) is 4.46. The minimum Gasteiger partial charge on any atom is -0.495 e. The van der Waals surface area contributed by atoms with Crippen molar-refractivity contribution < 1.29 is 14.3 Å². The molecule has 122 valence electrons. The first-order valence-corrected chi connectivity index (χ1v) is 8.19. The molecular formula is C18H16N2O3S. The summed E-state index contributed by atoms with van der Waals surface area (Å²) in [7, 11) is 1.53. The molecule has 0 fully saturated rings. The molecule has 2 amide bonds. The molecule has 0 radical (unpaired) electrons. The van der Waals surface area contributed by atoms with Gasteiger partial charge in [0.05, 0.1) is 18.4 Å². The average Bonchev–Trinajstić information content (AvgIpc) is 3.03. The van der Waals surface area contributed by atoms with Gasteiger partial charge in [-0.2, -0.15) is 0 Å². The van der Waals surface area contributed by atoms with Crippen molar-refractivity contribution in [3.63, 3.8) is 0 Å². The highest BCUT2D eigenvalue weighted by molar-refractivity contribution is 7.17. The van der Waals surface area contributed by atoms with Crippen molar-refractivity contribution in [2.24, 2.45) is 0 Å². The van der Waals surface area contributed by atoms with E-state index in [4.69, 9.17) is 4.74 Å². The van der Waals surface area contributed by atoms with Gasteiger partial charge < -0.3 is 15.4 Å². The molecule has 0 aliphatic carbocycles. The fourth-order valence-corrected chi connectivity index (χ4v) is 3.36. The number of hydrogen-bond acceptors (Lipinski definition) is 4. The van der Waals surface area contributed by atoms with Crippen LogP contribution in [0.4, 0.5) is 11.4 Å². The Hall–Kier alpha value is -2.86. The van der Waals surface area contributed by atoms with Gasteiger partial charge in [-0.1, -0.05) is 12.1 Å². The lowest BCUT2D eigenvalue weighted by Gasteiger charge is -2.12. The molecule has 0 spiro atoms. The Bertz CT molecular complexity index is 918. The molecule has 3 aromatic rings. The number of methoxy groups -OCH3 is 1. The molecular weight excluding hydrogens is 324 g/mol. The number of benzene rings is 2. The van der Waals surface area contributed by atoms with Crippen LogP contribution in [-0.4, -0.2) is 18.9 Å². The fourth-order valence-electron chi connectivity index (χ4n) is 2.45. The summed E-state index contributed by atoms with van der Waals surface area (Å²) in [6.45, 7) is 1.43. The molecule has 1 aromatic heterocycles. The molecule has 0 atom stereocenters. The van der Waals surface area contributed by atoms with E-state index in [9.17, 15) is 9.59 Å². The number of ether oxygens (including phenoxy) is 1. The van der Waals surface area contributed by atoms with Crippen LogP contribution in [0.5, 0.6) is 5.75 Å². The van der Waals surface area contributed by atoms with Gasteiger partial charge in [0.2, 0.25) is 5.91 Å². The van der Waals surface area contributed by atoms with Crippen molar-refractivity contribution >= 4 is 44.6 Å². The van der Waals surface area contributed by atoms with E-state index in [1.54, 1.807) is 24.3 Å². The summed E-state index contributed by atoms with van der Waals surface area (Å²) in [4.78, 5) is 23.9. The molecule has 0 unspecified atom stereocenters. The van der Waals surface area contributed by atoms with Crippen LogP contribution in [0.3, 0.4) is 0 Å². The Balaban J connectivity index is 1.93. The number of carbonyl (C=O) groups is 2. The Morgan fingerprint density at radius 3 is 2.67 bits per heavy atom. The Labute approximate surface area is 143 Å². The van der Waals surface area contributed by atoms with Crippen molar-refractivity contribution in [1.29, 1.82) is 0 Å². The van der Waals surface area contributed by atoms with E-state index >= 15 is 0 Å². The van der Waals surface area contributed by atoms with E-state index in [0.717, 1.165) is 10.1 Å². The van der Waals surface area contributed by atoms with E-state index in [1.165, 1.54) is 25.4 Å². The molecule has 6 heteroatoms. The van der Waals surface area contributed by atoms with Crippen molar-refractivity contribution in [3.8, 4) is 5.75 Å². The molecule has 0 bridgehead atoms. The van der Waals surface area contributed by atoms with E-state index in [1.807, 2.05) is 23.6 Å². The van der Waals surface area contributed by atoms with Gasteiger partial charge in [-0.15, -0.1) is 11.3 Å². The highest BCUT2D eigenvalue weighted by Crippen LogP contribution is 2.30. The average molecular weight is 340 g/mol. The number of hydrogen-bond donors (Lipinski definition) is 2. The third kappa shape index (κ3) is 3.23. The maximum Gasteiger partial charge on any atom is 0.257 e. The van der Waals surface area contributed by atoms with Gasteiger partial charge in [0.15, 0.2) is 0 Å². The number of thiophene rings is 1. The van der Waals surface area contributed by atoms with Crippen molar-refractivity contribution in [2.45, 2.75) is 6.92 Å². The van der Waals surface area contributed by atoms with Crippen molar-refractivity contribution in [3.05, 3.63) is 53.4 Å². The molecule has 24 heavy (non-hydrogen) atoms. The van der Waals surface area contributed by atoms with E-state index < -0.39 is 0 Å². The van der Waals surface area contributed by atoms with Crippen LogP contribution in [0, 0.1) is 0 Å². The molecule has 1 heterocycles. The largest absolute Gasteiger partial charge is 0.495 e. The highest BCUT2D eigenvalue weighted by atomic mass is 32.1. The third-order valence-electron chi connectivity index (χ3n) is 3.49. The summed E-state index contributed by atoms with van der Waals surface area (Å²) in [6.07, 6.45) is 0. The molecule has 0 aliphatic rings. The standard InChI is InChI=1S/C18H16N2O3S/c1-11(21)19-13-6-7-16(23-2)15(10-13)20-18(22)14-5-3-4-12-8-9-24-17(12)14/h3-10H,1-2H3,(H,19,21)(H,20,22). The first-order chi connectivity index (χ1) is 11.6. The van der Waals surface area contributed by atoms with Crippen molar-refractivity contribution in [1.82, 2.24) is 0 Å². The second-order valence-corrected chi connectivity index (χ2v) is 6.11. The van der Waals surface area contributed by atoms with Crippen LogP contribution in [-0.2, 0) is 4.79 Å². The van der Waals surface area contributed by atoms with Gasteiger partial charge in [-0.3, -0.25) is 9.59 Å². The molecule has 0 aliphatic heterocycles. The zero-order valence-electron chi connectivity index (χ0n) is 13.3. The first-order valence-electron chi connectivity index (χ1n) is 7.31. The zero-order chi connectivity index (χ0) is 17.1. The summed E-state index contributed by atoms with van der Waals surface area (Å²) in [5, 5.41) is 8.55. The second-order valence-electron chi connectivity index (χ2n) is 5.19. The normalized spacial score (nSPS) is 10.4. The molecule has 3 rings (SSSR count). The minimum absolute atomic E-state index is 0.180. The lowest BCUT2D eigenvalue weighted by atomic mass is 10.1. The van der Waals surface area contributed by atoms with Gasteiger partial charge in [0.1, 0.15) is 5.75 Å². The SMILES string of the molecule is COc1ccc(NC(C)=O)cc1NC(=O)c1cccc2ccsc12. The van der Waals surface area contributed by atoms with Gasteiger partial charge in [-0.05, 0) is 41.1 Å². The summed E-state index contributed by atoms with van der Waals surface area (Å²) < 4.78 is 6.23. The highest BCUT2D eigenvalue weighted by Gasteiger charge is 2.14. The van der Waals surface area contributed by atoms with Gasteiger partial charge in [0.25, 0.3) is 5.91 Å². The topological polar surface area (TPSA) is 67.4 Å². The number of carbonyl (C=O) groups excluding carboxylic acids is 2. The van der Waals surface area contributed by atoms with Crippen LogP contribution in [0.2, 0.25) is 0 Å². The maximum atomic E-state index is 12.7. The first kappa shape index (κ1) is 16.0. The van der Waals surface area contributed by atoms with Crippen LogP contribution < -0.4 is 15.4 Å². The van der Waals surface area contributed by atoms with Crippen molar-refractivity contribution in [2.75, 3.05) is 17.7 Å². The van der Waals surface area contributed by atoms with Gasteiger partial charge >= 0.3 is 0 Å². The fraction of sp³-hybridized carbons (Fsp3) is 0.111. The zero-order valence-corrected chi connectivity index (χ0v) is 14.1. The van der Waals surface area contributed by atoms with Crippen LogP contribution in [0.1, 0.15) is 17.3 Å². The van der Waals surface area contributed by atoms with E-state index in [0.29, 0.717) is 22.7 Å². The molecule has 5 nitrogen and oxygen atoms in total. The minimum atomic E-state index is -0.221. The predicted octanol–water partition coefficient (Wildman–Crippen LogP) is 4.12. The summed E-state index contributed by atoms with van der Waals surface area (Å²) >= 11 is 1.53. The number of amides is 2. The predicted molar refractivity (Wildman–Crippen MR) is 97.1 cm³/mol. The molecule has 2 aromatic carbocycles. The van der Waals surface area contributed by atoms with E-state index in [2.05, 4.69) is 10.6 Å². The van der Waals surface area contributed by atoms with E-state index in [-0.39, 0.29) is 11.8 Å². The Morgan fingerprint density at radius 2 is 1.92 bits per heavy atom. The Morgan fingerprint density at radius 1 is 1.08 bits per heavy atom. The van der Waals surface area contributed by atoms with Crippen LogP contribution in [0.15, 0.2) is 47.8 Å². The van der Waals surface area contributed by atoms with Gasteiger partial charge in [-0.25, -0.2) is 0 Å². The lowest BCUT2D eigenvalue weighted by molar-refractivity contribution is -0.114.